The van der Waals surface area contributed by atoms with Crippen LogP contribution in [0.3, 0.4) is 0 Å². The second-order valence-corrected chi connectivity index (χ2v) is 7.29. The number of nitrogens with zero attached hydrogens (tertiary/aromatic N) is 4. The molecule has 1 saturated heterocycles. The first-order valence-electron chi connectivity index (χ1n) is 10.2. The minimum Gasteiger partial charge on any atom is -0.397 e. The number of aromatic amines is 1. The van der Waals surface area contributed by atoms with E-state index in [1.165, 1.54) is 0 Å². The van der Waals surface area contributed by atoms with Crippen molar-refractivity contribution in [3.8, 4) is 11.4 Å². The first-order chi connectivity index (χ1) is 15.1. The summed E-state index contributed by atoms with van der Waals surface area (Å²) < 4.78 is 19.9. The number of hydrogen-bond acceptors (Lipinski definition) is 7. The number of H-pyrrole nitrogens is 1. The van der Waals surface area contributed by atoms with Crippen molar-refractivity contribution in [2.24, 2.45) is 0 Å². The molecule has 1 aliphatic rings. The Bertz CT molecular complexity index is 1070. The van der Waals surface area contributed by atoms with E-state index in [2.05, 4.69) is 30.6 Å². The number of amides is 2. The van der Waals surface area contributed by atoms with Crippen LogP contribution in [-0.2, 0) is 4.74 Å². The number of carbonyl (C=O) groups excluding carboxylic acids is 1. The molecule has 0 saturated carbocycles. The number of halogens is 1. The molecule has 3 aromatic heterocycles. The van der Waals surface area contributed by atoms with Gasteiger partial charge in [0.2, 0.25) is 0 Å². The average molecular weight is 428 g/mol. The molecule has 4 rings (SSSR count). The normalized spacial score (nSPS) is 16.5. The summed E-state index contributed by atoms with van der Waals surface area (Å²) in [6, 6.07) is 1.37. The van der Waals surface area contributed by atoms with Crippen molar-refractivity contribution < 1.29 is 13.9 Å². The fraction of sp³-hybridized carbons (Fsp3) is 0.400. The van der Waals surface area contributed by atoms with Crippen molar-refractivity contribution in [3.05, 3.63) is 30.5 Å². The quantitative estimate of drug-likeness (QED) is 0.472. The van der Waals surface area contributed by atoms with Crippen LogP contribution in [0.4, 0.5) is 20.7 Å². The molecule has 164 valence electrons. The van der Waals surface area contributed by atoms with Crippen LogP contribution in [0.25, 0.3) is 22.4 Å². The van der Waals surface area contributed by atoms with Gasteiger partial charge in [-0.3, -0.25) is 0 Å². The Labute approximate surface area is 178 Å². The van der Waals surface area contributed by atoms with Crippen LogP contribution in [0.2, 0.25) is 0 Å². The van der Waals surface area contributed by atoms with Crippen molar-refractivity contribution in [1.29, 1.82) is 0 Å². The fourth-order valence-electron chi connectivity index (χ4n) is 3.46. The fourth-order valence-corrected chi connectivity index (χ4v) is 3.46. The third-order valence-corrected chi connectivity index (χ3v) is 5.06. The van der Waals surface area contributed by atoms with E-state index in [1.54, 1.807) is 23.4 Å². The summed E-state index contributed by atoms with van der Waals surface area (Å²) in [6.07, 6.45) is 5.23. The van der Waals surface area contributed by atoms with Gasteiger partial charge in [0, 0.05) is 36.8 Å². The van der Waals surface area contributed by atoms with Crippen LogP contribution in [0, 0.1) is 5.82 Å². The molecule has 3 aromatic rings. The zero-order chi connectivity index (χ0) is 21.8. The number of carbonyl (C=O) groups is 1. The summed E-state index contributed by atoms with van der Waals surface area (Å²) >= 11 is 0. The number of rotatable bonds is 6. The molecule has 1 fully saturated rings. The summed E-state index contributed by atoms with van der Waals surface area (Å²) in [5, 5.41) is 6.63. The van der Waals surface area contributed by atoms with Crippen LogP contribution in [0.15, 0.2) is 24.7 Å². The number of urea groups is 1. The number of fused-ring (bicyclic) bond motifs is 1. The van der Waals surface area contributed by atoms with Gasteiger partial charge in [0.05, 0.1) is 37.3 Å². The molecule has 0 aliphatic carbocycles. The molecule has 0 spiro atoms. The van der Waals surface area contributed by atoms with Crippen molar-refractivity contribution in [2.45, 2.75) is 19.4 Å². The van der Waals surface area contributed by atoms with E-state index < -0.39 is 5.82 Å². The smallest absolute Gasteiger partial charge is 0.317 e. The highest BCUT2D eigenvalue weighted by molar-refractivity contribution is 5.93. The second-order valence-electron chi connectivity index (χ2n) is 7.29. The lowest BCUT2D eigenvalue weighted by Gasteiger charge is -2.35. The molecule has 1 atom stereocenters. The van der Waals surface area contributed by atoms with Gasteiger partial charge in [0.25, 0.3) is 0 Å². The molecule has 5 N–H and O–H groups in total. The van der Waals surface area contributed by atoms with Gasteiger partial charge >= 0.3 is 6.03 Å². The van der Waals surface area contributed by atoms with Crippen LogP contribution >= 0.6 is 0 Å². The van der Waals surface area contributed by atoms with E-state index in [0.717, 1.165) is 18.0 Å². The number of morpholine rings is 1. The summed E-state index contributed by atoms with van der Waals surface area (Å²) in [5.41, 5.74) is 7.66. The van der Waals surface area contributed by atoms with E-state index in [9.17, 15) is 9.18 Å². The Morgan fingerprint density at radius 1 is 1.42 bits per heavy atom. The minimum atomic E-state index is -0.583. The number of nitrogen functional groups attached to an aromatic ring is 1. The average Bonchev–Trinajstić information content (AvgIpc) is 3.20. The highest BCUT2D eigenvalue weighted by atomic mass is 19.1. The Kier molecular flexibility index (Phi) is 6.12. The van der Waals surface area contributed by atoms with Gasteiger partial charge < -0.3 is 31.0 Å². The van der Waals surface area contributed by atoms with Crippen molar-refractivity contribution >= 4 is 28.6 Å². The van der Waals surface area contributed by atoms with E-state index in [1.807, 2.05) is 6.92 Å². The lowest BCUT2D eigenvalue weighted by atomic mass is 10.2. The zero-order valence-corrected chi connectivity index (χ0v) is 17.2. The van der Waals surface area contributed by atoms with Crippen LogP contribution in [-0.4, -0.2) is 69.8 Å². The predicted molar refractivity (Wildman–Crippen MR) is 115 cm³/mol. The number of ether oxygens (including phenoxy) is 1. The molecular weight excluding hydrogens is 403 g/mol. The summed E-state index contributed by atoms with van der Waals surface area (Å²) in [5.74, 6) is -0.198. The largest absolute Gasteiger partial charge is 0.397 e. The van der Waals surface area contributed by atoms with Gasteiger partial charge in [-0.05, 0) is 12.5 Å². The van der Waals surface area contributed by atoms with Gasteiger partial charge in [-0.25, -0.2) is 24.1 Å². The van der Waals surface area contributed by atoms with Crippen molar-refractivity contribution in [1.82, 2.24) is 30.2 Å². The minimum absolute atomic E-state index is 0.0516. The Balaban J connectivity index is 1.52. The molecule has 0 radical (unpaired) electrons. The second kappa shape index (κ2) is 9.13. The Morgan fingerprint density at radius 3 is 3.13 bits per heavy atom. The van der Waals surface area contributed by atoms with Gasteiger partial charge in [-0.2, -0.15) is 0 Å². The van der Waals surface area contributed by atoms with Gasteiger partial charge in [0.15, 0.2) is 17.5 Å². The topological polar surface area (TPSA) is 134 Å². The van der Waals surface area contributed by atoms with Crippen molar-refractivity contribution in [3.63, 3.8) is 0 Å². The Hall–Kier alpha value is -3.47. The number of nitrogens with one attached hydrogen (secondary N) is 3. The zero-order valence-electron chi connectivity index (χ0n) is 17.2. The molecule has 31 heavy (non-hydrogen) atoms. The van der Waals surface area contributed by atoms with Crippen LogP contribution < -0.4 is 16.4 Å². The summed E-state index contributed by atoms with van der Waals surface area (Å²) in [4.78, 5) is 29.9. The third kappa shape index (κ3) is 4.50. The lowest BCUT2D eigenvalue weighted by molar-refractivity contribution is 0.0171. The molecule has 1 unspecified atom stereocenters. The highest BCUT2D eigenvalue weighted by Gasteiger charge is 2.27. The maximum atomic E-state index is 14.4. The maximum Gasteiger partial charge on any atom is 0.317 e. The molecule has 0 aromatic carbocycles. The van der Waals surface area contributed by atoms with Crippen LogP contribution in [0.5, 0.6) is 0 Å². The molecule has 1 aliphatic heterocycles. The van der Waals surface area contributed by atoms with Gasteiger partial charge in [0.1, 0.15) is 5.65 Å². The van der Waals surface area contributed by atoms with Crippen molar-refractivity contribution in [2.75, 3.05) is 43.9 Å². The maximum absolute atomic E-state index is 14.4. The van der Waals surface area contributed by atoms with E-state index >= 15 is 0 Å². The molecular formula is C20H25FN8O2. The monoisotopic (exact) mass is 428 g/mol. The third-order valence-electron chi connectivity index (χ3n) is 5.06. The highest BCUT2D eigenvalue weighted by Crippen LogP contribution is 2.27. The number of anilines is 2. The van der Waals surface area contributed by atoms with Gasteiger partial charge in [-0.1, -0.05) is 6.92 Å². The molecule has 0 bridgehead atoms. The van der Waals surface area contributed by atoms with E-state index in [0.29, 0.717) is 49.0 Å². The molecule has 4 heterocycles. The first kappa shape index (κ1) is 20.8. The SMILES string of the molecule is CCCNC(=O)N1CCOCC1CNc1nc(-c2c[nH]c3ncc(N)cc23)ncc1F. The lowest BCUT2D eigenvalue weighted by Crippen LogP contribution is -2.55. The Morgan fingerprint density at radius 2 is 2.29 bits per heavy atom. The van der Waals surface area contributed by atoms with Crippen LogP contribution in [0.1, 0.15) is 13.3 Å². The predicted octanol–water partition coefficient (Wildman–Crippen LogP) is 1.97. The van der Waals surface area contributed by atoms with E-state index in [4.69, 9.17) is 10.5 Å². The molecule has 10 nitrogen and oxygen atoms in total. The number of hydrogen-bond donors (Lipinski definition) is 4. The molecule has 11 heteroatoms. The number of nitrogens with two attached hydrogens (primary N) is 1. The standard InChI is InChI=1S/C20H25FN8O2/c1-2-3-23-20(30)29-4-5-31-11-13(29)8-25-19-16(21)10-27-18(28-19)15-9-26-17-14(15)6-12(22)7-24-17/h6-7,9-10,13H,2-5,8,11,22H2,1H3,(H,23,30)(H,24,26)(H,25,27,28). The summed E-state index contributed by atoms with van der Waals surface area (Å²) in [6.45, 7) is 4.19. The first-order valence-corrected chi connectivity index (χ1v) is 10.2. The number of aromatic nitrogens is 4. The summed E-state index contributed by atoms with van der Waals surface area (Å²) in [7, 11) is 0. The molecule has 2 amide bonds. The van der Waals surface area contributed by atoms with E-state index in [-0.39, 0.29) is 24.4 Å². The number of pyridine rings is 1. The van der Waals surface area contributed by atoms with Gasteiger partial charge in [-0.15, -0.1) is 0 Å².